The molecule has 0 fully saturated rings. The van der Waals surface area contributed by atoms with E-state index in [0.717, 1.165) is 29.9 Å². The van der Waals surface area contributed by atoms with Crippen molar-refractivity contribution >= 4 is 22.5 Å². The van der Waals surface area contributed by atoms with E-state index in [2.05, 4.69) is 9.97 Å². The van der Waals surface area contributed by atoms with Gasteiger partial charge in [0.05, 0.1) is 12.1 Å². The topological polar surface area (TPSA) is 55.2 Å². The molecule has 0 bridgehead atoms. The van der Waals surface area contributed by atoms with Crippen LogP contribution in [-0.4, -0.2) is 21.7 Å². The fraction of sp³-hybridized carbons (Fsp3) is 0.125. The fourth-order valence-corrected chi connectivity index (χ4v) is 2.77. The number of benzene rings is 2. The Bertz CT molecular complexity index is 864. The normalized spacial score (nSPS) is 13.2. The quantitative estimate of drug-likeness (QED) is 0.698. The van der Waals surface area contributed by atoms with Crippen LogP contribution in [0.25, 0.3) is 22.3 Å². The van der Waals surface area contributed by atoms with E-state index in [4.69, 9.17) is 16.3 Å². The number of aromatic nitrogens is 2. The predicted octanol–water partition coefficient (Wildman–Crippen LogP) is 3.59. The predicted molar refractivity (Wildman–Crippen MR) is 80.8 cm³/mol. The first-order valence-electron chi connectivity index (χ1n) is 6.63. The maximum absolute atomic E-state index is 9.52. The minimum atomic E-state index is 0.149. The molecule has 0 unspecified atom stereocenters. The Labute approximate surface area is 126 Å². The molecule has 2 heterocycles. The lowest BCUT2D eigenvalue weighted by molar-refractivity contribution is 0.357. The lowest BCUT2D eigenvalue weighted by Crippen LogP contribution is -1.92. The molecule has 1 aliphatic heterocycles. The number of nitrogens with zero attached hydrogens (tertiary/aromatic N) is 2. The van der Waals surface area contributed by atoms with Crippen LogP contribution in [0.4, 0.5) is 0 Å². The zero-order chi connectivity index (χ0) is 14.4. The van der Waals surface area contributed by atoms with Crippen LogP contribution < -0.4 is 4.74 Å². The van der Waals surface area contributed by atoms with E-state index < -0.39 is 0 Å². The van der Waals surface area contributed by atoms with E-state index >= 15 is 0 Å². The summed E-state index contributed by atoms with van der Waals surface area (Å²) in [7, 11) is 0. The van der Waals surface area contributed by atoms with Crippen molar-refractivity contribution in [3.05, 3.63) is 47.1 Å². The number of hydrogen-bond acceptors (Lipinski definition) is 4. The third-order valence-electron chi connectivity index (χ3n) is 3.58. The molecule has 1 N–H and O–H groups in total. The van der Waals surface area contributed by atoms with Crippen molar-refractivity contribution in [1.29, 1.82) is 0 Å². The average Bonchev–Trinajstić information content (AvgIpc) is 2.95. The van der Waals surface area contributed by atoms with Gasteiger partial charge in [0, 0.05) is 17.4 Å². The summed E-state index contributed by atoms with van der Waals surface area (Å²) in [6.07, 6.45) is 0.901. The second kappa shape index (κ2) is 4.60. The second-order valence-corrected chi connectivity index (χ2v) is 5.32. The van der Waals surface area contributed by atoms with Crippen LogP contribution in [0, 0.1) is 0 Å². The van der Waals surface area contributed by atoms with Gasteiger partial charge in [0.2, 0.25) is 0 Å². The molecule has 0 saturated heterocycles. The van der Waals surface area contributed by atoms with Crippen molar-refractivity contribution in [3.8, 4) is 22.9 Å². The van der Waals surface area contributed by atoms with Crippen LogP contribution in [-0.2, 0) is 6.42 Å². The summed E-state index contributed by atoms with van der Waals surface area (Å²) in [5.41, 5.74) is 2.79. The van der Waals surface area contributed by atoms with Gasteiger partial charge in [-0.25, -0.2) is 9.97 Å². The molecular weight excluding hydrogens is 288 g/mol. The first-order valence-corrected chi connectivity index (χ1v) is 7.01. The average molecular weight is 299 g/mol. The largest absolute Gasteiger partial charge is 0.508 e. The van der Waals surface area contributed by atoms with E-state index in [1.54, 1.807) is 18.2 Å². The number of phenolic OH excluding ortho intramolecular Hbond substituents is 1. The molecule has 0 spiro atoms. The van der Waals surface area contributed by atoms with Crippen molar-refractivity contribution in [2.45, 2.75) is 6.42 Å². The second-order valence-electron chi connectivity index (χ2n) is 4.96. The van der Waals surface area contributed by atoms with Gasteiger partial charge < -0.3 is 9.84 Å². The summed E-state index contributed by atoms with van der Waals surface area (Å²) in [5, 5.41) is 10.5. The number of phenols is 1. The van der Waals surface area contributed by atoms with Crippen molar-refractivity contribution in [2.24, 2.45) is 0 Å². The molecule has 2 aromatic carbocycles. The summed E-state index contributed by atoms with van der Waals surface area (Å²) >= 11 is 6.21. The number of ether oxygens (including phenoxy) is 1. The number of halogens is 1. The van der Waals surface area contributed by atoms with Crippen LogP contribution in [0.2, 0.25) is 5.15 Å². The van der Waals surface area contributed by atoms with Gasteiger partial charge in [0.25, 0.3) is 0 Å². The number of rotatable bonds is 1. The molecular formula is C16H11ClN2O2. The first-order chi connectivity index (χ1) is 10.2. The standard InChI is InChI=1S/C16H11ClN2O2/c17-15-12-8-11(20)2-3-13(12)18-16(19-15)10-1-4-14-9(7-10)5-6-21-14/h1-4,7-8,20H,5-6H2. The molecule has 21 heavy (non-hydrogen) atoms. The minimum Gasteiger partial charge on any atom is -0.508 e. The lowest BCUT2D eigenvalue weighted by atomic mass is 10.1. The monoisotopic (exact) mass is 298 g/mol. The van der Waals surface area contributed by atoms with Gasteiger partial charge >= 0.3 is 0 Å². The molecule has 4 nitrogen and oxygen atoms in total. The summed E-state index contributed by atoms with van der Waals surface area (Å²) in [4.78, 5) is 8.87. The molecule has 5 heteroatoms. The highest BCUT2D eigenvalue weighted by Gasteiger charge is 2.15. The summed E-state index contributed by atoms with van der Waals surface area (Å²) in [5.74, 6) is 1.65. The van der Waals surface area contributed by atoms with Crippen LogP contribution in [0.15, 0.2) is 36.4 Å². The van der Waals surface area contributed by atoms with Gasteiger partial charge in [-0.15, -0.1) is 0 Å². The smallest absolute Gasteiger partial charge is 0.161 e. The van der Waals surface area contributed by atoms with E-state index in [0.29, 0.717) is 21.9 Å². The minimum absolute atomic E-state index is 0.149. The molecule has 1 aromatic heterocycles. The third-order valence-corrected chi connectivity index (χ3v) is 3.87. The highest BCUT2D eigenvalue weighted by molar-refractivity contribution is 6.34. The lowest BCUT2D eigenvalue weighted by Gasteiger charge is -2.06. The van der Waals surface area contributed by atoms with Crippen molar-refractivity contribution < 1.29 is 9.84 Å². The van der Waals surface area contributed by atoms with E-state index in [9.17, 15) is 5.11 Å². The van der Waals surface area contributed by atoms with Crippen LogP contribution in [0.5, 0.6) is 11.5 Å². The maximum atomic E-state index is 9.52. The molecule has 0 aliphatic carbocycles. The van der Waals surface area contributed by atoms with Gasteiger partial charge in [0.1, 0.15) is 16.7 Å². The van der Waals surface area contributed by atoms with Gasteiger partial charge in [0.15, 0.2) is 5.82 Å². The molecule has 0 amide bonds. The molecule has 3 aromatic rings. The summed E-state index contributed by atoms with van der Waals surface area (Å²) < 4.78 is 5.50. The van der Waals surface area contributed by atoms with Crippen LogP contribution in [0.3, 0.4) is 0 Å². The Kier molecular flexibility index (Phi) is 2.72. The van der Waals surface area contributed by atoms with Gasteiger partial charge in [-0.1, -0.05) is 11.6 Å². The van der Waals surface area contributed by atoms with Gasteiger partial charge in [-0.3, -0.25) is 0 Å². The highest BCUT2D eigenvalue weighted by Crippen LogP contribution is 2.31. The maximum Gasteiger partial charge on any atom is 0.161 e. The van der Waals surface area contributed by atoms with Crippen molar-refractivity contribution in [3.63, 3.8) is 0 Å². The molecule has 0 atom stereocenters. The first kappa shape index (κ1) is 12.4. The Morgan fingerprint density at radius 3 is 2.90 bits per heavy atom. The Morgan fingerprint density at radius 1 is 1.10 bits per heavy atom. The molecule has 1 aliphatic rings. The highest BCUT2D eigenvalue weighted by atomic mass is 35.5. The molecule has 0 radical (unpaired) electrons. The summed E-state index contributed by atoms with van der Waals surface area (Å²) in [6.45, 7) is 0.720. The van der Waals surface area contributed by atoms with Crippen molar-refractivity contribution in [1.82, 2.24) is 9.97 Å². The molecule has 4 rings (SSSR count). The van der Waals surface area contributed by atoms with Gasteiger partial charge in [-0.05, 0) is 42.0 Å². The zero-order valence-electron chi connectivity index (χ0n) is 11.0. The Hall–Kier alpha value is -2.33. The summed E-state index contributed by atoms with van der Waals surface area (Å²) in [6, 6.07) is 10.8. The van der Waals surface area contributed by atoms with E-state index in [-0.39, 0.29) is 5.75 Å². The van der Waals surface area contributed by atoms with Crippen LogP contribution >= 0.6 is 11.6 Å². The zero-order valence-corrected chi connectivity index (χ0v) is 11.8. The number of aromatic hydroxyl groups is 1. The van der Waals surface area contributed by atoms with Crippen LogP contribution in [0.1, 0.15) is 5.56 Å². The fourth-order valence-electron chi connectivity index (χ4n) is 2.53. The van der Waals surface area contributed by atoms with Gasteiger partial charge in [-0.2, -0.15) is 0 Å². The Morgan fingerprint density at radius 2 is 2.00 bits per heavy atom. The number of hydrogen-bond donors (Lipinski definition) is 1. The van der Waals surface area contributed by atoms with Crippen molar-refractivity contribution in [2.75, 3.05) is 6.61 Å². The molecule has 0 saturated carbocycles. The van der Waals surface area contributed by atoms with E-state index in [1.165, 1.54) is 0 Å². The SMILES string of the molecule is Oc1ccc2nc(-c3ccc4c(c3)CCO4)nc(Cl)c2c1. The number of fused-ring (bicyclic) bond motifs is 2. The van der Waals surface area contributed by atoms with E-state index in [1.807, 2.05) is 18.2 Å². The Balaban J connectivity index is 1.89. The third kappa shape index (κ3) is 2.08. The molecule has 104 valence electrons.